The smallest absolute Gasteiger partial charge is 0.475 e. The van der Waals surface area contributed by atoms with Gasteiger partial charge in [0.1, 0.15) is 5.01 Å². The van der Waals surface area contributed by atoms with Crippen molar-refractivity contribution in [1.29, 1.82) is 0 Å². The van der Waals surface area contributed by atoms with E-state index in [4.69, 9.17) is 14.6 Å². The number of hydrogen-bond acceptors (Lipinski definition) is 6. The summed E-state index contributed by atoms with van der Waals surface area (Å²) in [6.45, 7) is 2.03. The minimum atomic E-state index is -5.08. The lowest BCUT2D eigenvalue weighted by atomic mass is 9.91. The highest BCUT2D eigenvalue weighted by Gasteiger charge is 2.38. The molecule has 1 aliphatic carbocycles. The Hall–Kier alpha value is -2.24. The topological polar surface area (TPSA) is 93.5 Å². The maximum absolute atomic E-state index is 12.0. The molecule has 0 bridgehead atoms. The van der Waals surface area contributed by atoms with E-state index in [1.165, 1.54) is 11.3 Å². The lowest BCUT2D eigenvalue weighted by Gasteiger charge is -2.27. The zero-order valence-electron chi connectivity index (χ0n) is 15.7. The van der Waals surface area contributed by atoms with Crippen LogP contribution in [0.5, 0.6) is 0 Å². The predicted octanol–water partition coefficient (Wildman–Crippen LogP) is 2.23. The first kappa shape index (κ1) is 23.0. The molecule has 29 heavy (non-hydrogen) atoms. The molecule has 2 N–H and O–H groups in total. The van der Waals surface area contributed by atoms with Crippen molar-refractivity contribution in [3.8, 4) is 0 Å². The van der Waals surface area contributed by atoms with Gasteiger partial charge in [-0.1, -0.05) is 6.07 Å². The molecular formula is C18H22F3N3O4S. The van der Waals surface area contributed by atoms with Crippen molar-refractivity contribution in [3.05, 3.63) is 50.3 Å². The number of halogens is 3. The number of carboxylic acid groups (broad SMARTS) is 1. The standard InChI is InChI=1S/C16H21N3O2S.C2HF3O2/c1-21-8-7-19-14-4-3-13(10-12(14)2-5-16(19)20)18-11-15-17-6-9-22-15;3-2(4,5)1(6)7/h2,5-6,9,13,18H,3-4,7-8,10-11H2,1H3;(H,6,7). The molecule has 11 heteroatoms. The van der Waals surface area contributed by atoms with E-state index >= 15 is 0 Å². The van der Waals surface area contributed by atoms with E-state index in [-0.39, 0.29) is 5.56 Å². The molecule has 7 nitrogen and oxygen atoms in total. The van der Waals surface area contributed by atoms with Crippen molar-refractivity contribution in [2.24, 2.45) is 0 Å². The van der Waals surface area contributed by atoms with Gasteiger partial charge < -0.3 is 19.7 Å². The third-order valence-corrected chi connectivity index (χ3v) is 5.15. The highest BCUT2D eigenvalue weighted by Crippen LogP contribution is 2.20. The van der Waals surface area contributed by atoms with Gasteiger partial charge in [0.2, 0.25) is 0 Å². The van der Waals surface area contributed by atoms with Crippen LogP contribution in [0.1, 0.15) is 22.7 Å². The fourth-order valence-corrected chi connectivity index (χ4v) is 3.57. The number of hydrogen-bond donors (Lipinski definition) is 2. The number of carbonyl (C=O) groups is 1. The van der Waals surface area contributed by atoms with Gasteiger partial charge in [-0.15, -0.1) is 11.3 Å². The minimum absolute atomic E-state index is 0.0741. The van der Waals surface area contributed by atoms with Gasteiger partial charge in [-0.2, -0.15) is 13.2 Å². The molecule has 1 unspecified atom stereocenters. The lowest BCUT2D eigenvalue weighted by molar-refractivity contribution is -0.192. The van der Waals surface area contributed by atoms with E-state index in [1.54, 1.807) is 24.5 Å². The van der Waals surface area contributed by atoms with Gasteiger partial charge in [-0.3, -0.25) is 4.79 Å². The third kappa shape index (κ3) is 6.94. The number of nitrogens with one attached hydrogen (secondary N) is 1. The Morgan fingerprint density at radius 1 is 1.45 bits per heavy atom. The molecular weight excluding hydrogens is 411 g/mol. The summed E-state index contributed by atoms with van der Waals surface area (Å²) in [7, 11) is 1.67. The van der Waals surface area contributed by atoms with Gasteiger partial charge in [0.25, 0.3) is 5.56 Å². The summed E-state index contributed by atoms with van der Waals surface area (Å²) in [6.07, 6.45) is -0.292. The summed E-state index contributed by atoms with van der Waals surface area (Å²) >= 11 is 1.68. The molecule has 2 aromatic heterocycles. The first-order chi connectivity index (χ1) is 13.7. The maximum Gasteiger partial charge on any atom is 0.490 e. The fraction of sp³-hybridized carbons (Fsp3) is 0.500. The van der Waals surface area contributed by atoms with Crippen molar-refractivity contribution in [1.82, 2.24) is 14.9 Å². The molecule has 3 rings (SSSR count). The number of aliphatic carboxylic acids is 1. The molecule has 0 spiro atoms. The first-order valence-corrected chi connectivity index (χ1v) is 9.72. The molecule has 1 aliphatic rings. The Bertz CT molecular complexity index is 853. The second kappa shape index (κ2) is 10.5. The summed E-state index contributed by atoms with van der Waals surface area (Å²) in [5.74, 6) is -2.76. The van der Waals surface area contributed by atoms with Crippen LogP contribution < -0.4 is 10.9 Å². The zero-order chi connectivity index (χ0) is 21.4. The number of rotatable bonds is 6. The van der Waals surface area contributed by atoms with Crippen LogP contribution in [0.3, 0.4) is 0 Å². The van der Waals surface area contributed by atoms with E-state index in [2.05, 4.69) is 10.3 Å². The number of nitrogens with zero attached hydrogens (tertiary/aromatic N) is 2. The Kier molecular flexibility index (Phi) is 8.35. The normalized spacial score (nSPS) is 15.9. The van der Waals surface area contributed by atoms with Crippen molar-refractivity contribution in [3.63, 3.8) is 0 Å². The minimum Gasteiger partial charge on any atom is -0.475 e. The van der Waals surface area contributed by atoms with Crippen LogP contribution in [-0.4, -0.2) is 46.6 Å². The van der Waals surface area contributed by atoms with Gasteiger partial charge in [0, 0.05) is 49.6 Å². The van der Waals surface area contributed by atoms with E-state index < -0.39 is 12.1 Å². The summed E-state index contributed by atoms with van der Waals surface area (Å²) in [5.41, 5.74) is 2.53. The quantitative estimate of drug-likeness (QED) is 0.726. The average molecular weight is 433 g/mol. The largest absolute Gasteiger partial charge is 0.490 e. The van der Waals surface area contributed by atoms with Crippen LogP contribution in [0, 0.1) is 0 Å². The summed E-state index contributed by atoms with van der Waals surface area (Å²) in [6, 6.07) is 4.11. The van der Waals surface area contributed by atoms with Crippen molar-refractivity contribution >= 4 is 17.3 Å². The molecule has 0 saturated heterocycles. The third-order valence-electron chi connectivity index (χ3n) is 4.37. The van der Waals surface area contributed by atoms with Gasteiger partial charge in [0.05, 0.1) is 6.61 Å². The first-order valence-electron chi connectivity index (χ1n) is 8.84. The summed E-state index contributed by atoms with van der Waals surface area (Å²) in [4.78, 5) is 25.2. The number of methoxy groups -OCH3 is 1. The van der Waals surface area contributed by atoms with Crippen molar-refractivity contribution < 1.29 is 27.8 Å². The molecule has 0 aliphatic heterocycles. The van der Waals surface area contributed by atoms with Gasteiger partial charge in [-0.05, 0) is 24.8 Å². The van der Waals surface area contributed by atoms with Crippen LogP contribution in [0.25, 0.3) is 0 Å². The van der Waals surface area contributed by atoms with E-state index in [0.717, 1.165) is 30.8 Å². The van der Waals surface area contributed by atoms with E-state index in [9.17, 15) is 18.0 Å². The highest BCUT2D eigenvalue weighted by molar-refractivity contribution is 7.09. The van der Waals surface area contributed by atoms with E-state index in [1.807, 2.05) is 22.2 Å². The Morgan fingerprint density at radius 3 is 2.76 bits per heavy atom. The van der Waals surface area contributed by atoms with Crippen LogP contribution >= 0.6 is 11.3 Å². The Labute approximate surface area is 169 Å². The molecule has 160 valence electrons. The second-order valence-electron chi connectivity index (χ2n) is 6.34. The number of pyridine rings is 1. The van der Waals surface area contributed by atoms with E-state index in [0.29, 0.717) is 19.2 Å². The van der Waals surface area contributed by atoms with Crippen molar-refractivity contribution in [2.75, 3.05) is 13.7 Å². The Balaban J connectivity index is 0.000000370. The molecule has 0 fully saturated rings. The number of thiazole rings is 1. The molecule has 0 radical (unpaired) electrons. The number of carboxylic acids is 1. The lowest BCUT2D eigenvalue weighted by Crippen LogP contribution is -2.37. The maximum atomic E-state index is 12.0. The van der Waals surface area contributed by atoms with Crippen LogP contribution in [-0.2, 0) is 35.5 Å². The monoisotopic (exact) mass is 433 g/mol. The number of aromatic nitrogens is 2. The molecule has 0 saturated carbocycles. The molecule has 2 heterocycles. The zero-order valence-corrected chi connectivity index (χ0v) is 16.6. The number of ether oxygens (including phenoxy) is 1. The van der Waals surface area contributed by atoms with Gasteiger partial charge >= 0.3 is 12.1 Å². The number of alkyl halides is 3. The van der Waals surface area contributed by atoms with Gasteiger partial charge in [-0.25, -0.2) is 9.78 Å². The predicted molar refractivity (Wildman–Crippen MR) is 101 cm³/mol. The van der Waals surface area contributed by atoms with Crippen LogP contribution in [0.15, 0.2) is 28.5 Å². The van der Waals surface area contributed by atoms with Crippen LogP contribution in [0.2, 0.25) is 0 Å². The van der Waals surface area contributed by atoms with Crippen LogP contribution in [0.4, 0.5) is 13.2 Å². The number of fused-ring (bicyclic) bond motifs is 1. The summed E-state index contributed by atoms with van der Waals surface area (Å²) < 4.78 is 38.7. The summed E-state index contributed by atoms with van der Waals surface area (Å²) in [5, 5.41) is 13.8. The second-order valence-corrected chi connectivity index (χ2v) is 7.32. The van der Waals surface area contributed by atoms with Gasteiger partial charge in [0.15, 0.2) is 0 Å². The molecule has 0 amide bonds. The molecule has 1 atom stereocenters. The molecule has 2 aromatic rings. The average Bonchev–Trinajstić information content (AvgIpc) is 3.19. The Morgan fingerprint density at radius 2 is 2.17 bits per heavy atom. The van der Waals surface area contributed by atoms with Crippen molar-refractivity contribution in [2.45, 2.75) is 44.6 Å². The fourth-order valence-electron chi connectivity index (χ4n) is 3.00. The SMILES string of the molecule is COCCn1c2c(ccc1=O)CC(NCc1nccs1)CC2.O=C(O)C(F)(F)F. The highest BCUT2D eigenvalue weighted by atomic mass is 32.1. The molecule has 0 aromatic carbocycles.